The molecule has 0 radical (unpaired) electrons. The average molecular weight is 482 g/mol. The zero-order valence-corrected chi connectivity index (χ0v) is 19.5. The summed E-state index contributed by atoms with van der Waals surface area (Å²) in [7, 11) is -4.04. The van der Waals surface area contributed by atoms with E-state index in [-0.39, 0.29) is 30.9 Å². The van der Waals surface area contributed by atoms with E-state index in [1.54, 1.807) is 12.1 Å². The Morgan fingerprint density at radius 2 is 1.97 bits per heavy atom. The molecule has 0 saturated carbocycles. The molecule has 1 fully saturated rings. The molecule has 11 heteroatoms. The second-order valence-electron chi connectivity index (χ2n) is 7.80. The maximum absolute atomic E-state index is 13.5. The van der Waals surface area contributed by atoms with Crippen LogP contribution in [-0.4, -0.2) is 72.5 Å². The summed E-state index contributed by atoms with van der Waals surface area (Å²) in [5, 5.41) is 9.75. The number of carbonyl (C=O) groups excluding carboxylic acids is 2. The van der Waals surface area contributed by atoms with Crippen molar-refractivity contribution in [3.05, 3.63) is 42.5 Å². The maximum Gasteiger partial charge on any atom is 0.417 e. The fraction of sp³-hybridized carbons (Fsp3) is 0.500. The molecule has 2 amide bonds. The van der Waals surface area contributed by atoms with Crippen LogP contribution in [0.5, 0.6) is 0 Å². The monoisotopic (exact) mass is 481 g/mol. The Kier molecular flexibility index (Phi) is 9.56. The van der Waals surface area contributed by atoms with Gasteiger partial charge in [0.1, 0.15) is 18.7 Å². The number of nitrogens with zero attached hydrogens (tertiary/aromatic N) is 2. The highest BCUT2D eigenvalue weighted by molar-refractivity contribution is 7.89. The van der Waals surface area contributed by atoms with Gasteiger partial charge in [-0.1, -0.05) is 30.4 Å². The van der Waals surface area contributed by atoms with Gasteiger partial charge in [-0.15, -0.1) is 0 Å². The van der Waals surface area contributed by atoms with Gasteiger partial charge in [0.2, 0.25) is 10.0 Å². The molecule has 1 saturated heterocycles. The van der Waals surface area contributed by atoms with Crippen molar-refractivity contribution in [1.29, 1.82) is 0 Å². The van der Waals surface area contributed by atoms with Crippen molar-refractivity contribution >= 4 is 28.0 Å². The molecule has 182 valence electrons. The predicted octanol–water partition coefficient (Wildman–Crippen LogP) is 1.88. The molecule has 2 rings (SSSR count). The zero-order chi connectivity index (χ0) is 24.6. The van der Waals surface area contributed by atoms with Gasteiger partial charge in [-0.25, -0.2) is 22.9 Å². The third-order valence-electron chi connectivity index (χ3n) is 5.40. The highest BCUT2D eigenvalue weighted by atomic mass is 32.2. The SMILES string of the molecule is C=CCOC(=O)N(C(=O)[C@@H]1CCCN1S(=O)(=O)c1ccc(C)cc1)[C@@H](CCCCN)C(=O)O. The summed E-state index contributed by atoms with van der Waals surface area (Å²) in [4.78, 5) is 38.7. The number of sulfonamides is 1. The second kappa shape index (κ2) is 11.9. The summed E-state index contributed by atoms with van der Waals surface area (Å²) in [6.07, 6.45) is 1.52. The lowest BCUT2D eigenvalue weighted by Gasteiger charge is -2.31. The number of ether oxygens (including phenoxy) is 1. The Morgan fingerprint density at radius 3 is 2.55 bits per heavy atom. The Morgan fingerprint density at radius 1 is 1.30 bits per heavy atom. The number of unbranched alkanes of at least 4 members (excludes halogenated alkanes) is 1. The van der Waals surface area contributed by atoms with Gasteiger partial charge < -0.3 is 15.6 Å². The molecule has 0 aromatic heterocycles. The van der Waals surface area contributed by atoms with Crippen molar-refractivity contribution in [3.8, 4) is 0 Å². The van der Waals surface area contributed by atoms with Crippen LogP contribution in [0.3, 0.4) is 0 Å². The molecule has 0 aliphatic carbocycles. The van der Waals surface area contributed by atoms with Crippen molar-refractivity contribution in [1.82, 2.24) is 9.21 Å². The lowest BCUT2D eigenvalue weighted by molar-refractivity contribution is -0.150. The fourth-order valence-corrected chi connectivity index (χ4v) is 5.35. The Bertz CT molecular complexity index is 963. The van der Waals surface area contributed by atoms with Crippen molar-refractivity contribution < 1.29 is 32.6 Å². The number of aliphatic carboxylic acids is 1. The van der Waals surface area contributed by atoms with Crippen molar-refractivity contribution in [3.63, 3.8) is 0 Å². The van der Waals surface area contributed by atoms with Crippen LogP contribution in [0.1, 0.15) is 37.7 Å². The highest BCUT2D eigenvalue weighted by Crippen LogP contribution is 2.29. The van der Waals surface area contributed by atoms with Gasteiger partial charge >= 0.3 is 12.1 Å². The van der Waals surface area contributed by atoms with Gasteiger partial charge in [0.25, 0.3) is 5.91 Å². The summed E-state index contributed by atoms with van der Waals surface area (Å²) in [6, 6.07) is 3.48. The number of carboxylic acids is 1. The first-order valence-electron chi connectivity index (χ1n) is 10.8. The first-order valence-corrected chi connectivity index (χ1v) is 12.2. The fourth-order valence-electron chi connectivity index (χ4n) is 3.70. The van der Waals surface area contributed by atoms with E-state index in [1.807, 2.05) is 6.92 Å². The van der Waals surface area contributed by atoms with E-state index < -0.39 is 40.1 Å². The number of nitrogens with two attached hydrogens (primary N) is 1. The zero-order valence-electron chi connectivity index (χ0n) is 18.7. The number of carbonyl (C=O) groups is 3. The van der Waals surface area contributed by atoms with E-state index in [1.165, 1.54) is 18.2 Å². The molecule has 1 aromatic carbocycles. The maximum atomic E-state index is 13.5. The Hall–Kier alpha value is -2.76. The molecule has 1 heterocycles. The van der Waals surface area contributed by atoms with Crippen molar-refractivity contribution in [2.24, 2.45) is 5.73 Å². The van der Waals surface area contributed by atoms with Gasteiger partial charge in [0.15, 0.2) is 0 Å². The van der Waals surface area contributed by atoms with Gasteiger partial charge in [-0.05, 0) is 57.7 Å². The largest absolute Gasteiger partial charge is 0.480 e. The number of rotatable bonds is 11. The third-order valence-corrected chi connectivity index (χ3v) is 7.33. The number of benzene rings is 1. The molecule has 1 aliphatic heterocycles. The van der Waals surface area contributed by atoms with Crippen LogP contribution in [-0.2, 0) is 24.3 Å². The highest BCUT2D eigenvalue weighted by Gasteiger charge is 2.46. The van der Waals surface area contributed by atoms with E-state index in [0.29, 0.717) is 30.7 Å². The van der Waals surface area contributed by atoms with Crippen molar-refractivity contribution in [2.45, 2.75) is 56.0 Å². The van der Waals surface area contributed by atoms with Gasteiger partial charge in [0.05, 0.1) is 4.90 Å². The number of carboxylic acid groups (broad SMARTS) is 1. The van der Waals surface area contributed by atoms with Crippen LogP contribution in [0.25, 0.3) is 0 Å². The summed E-state index contributed by atoms with van der Waals surface area (Å²) >= 11 is 0. The molecule has 0 spiro atoms. The van der Waals surface area contributed by atoms with E-state index in [9.17, 15) is 27.9 Å². The first kappa shape index (κ1) is 26.5. The van der Waals surface area contributed by atoms with Crippen molar-refractivity contribution in [2.75, 3.05) is 19.7 Å². The average Bonchev–Trinajstić information content (AvgIpc) is 3.28. The molecule has 2 atom stereocenters. The van der Waals surface area contributed by atoms with Gasteiger partial charge in [-0.3, -0.25) is 4.79 Å². The standard InChI is InChI=1S/C22H31N3O7S/c1-3-15-32-22(29)25(19(21(27)28)7-4-5-13-23)20(26)18-8-6-14-24(18)33(30,31)17-11-9-16(2)10-12-17/h3,9-12,18-19H,1,4-8,13-15,23H2,2H3,(H,27,28)/t18-,19-/m0/s1. The van der Waals surface area contributed by atoms with Crippen LogP contribution < -0.4 is 5.73 Å². The minimum atomic E-state index is -4.04. The quantitative estimate of drug-likeness (QED) is 0.360. The molecular formula is C22H31N3O7S. The minimum Gasteiger partial charge on any atom is -0.480 e. The van der Waals surface area contributed by atoms with Crippen LogP contribution in [0.4, 0.5) is 4.79 Å². The number of hydrogen-bond donors (Lipinski definition) is 2. The van der Waals surface area contributed by atoms with Gasteiger partial charge in [-0.2, -0.15) is 4.31 Å². The number of aryl methyl sites for hydroxylation is 1. The van der Waals surface area contributed by atoms with Crippen LogP contribution >= 0.6 is 0 Å². The summed E-state index contributed by atoms with van der Waals surface area (Å²) in [5.41, 5.74) is 6.35. The summed E-state index contributed by atoms with van der Waals surface area (Å²) < 4.78 is 32.5. The Balaban J connectivity index is 2.40. The molecule has 33 heavy (non-hydrogen) atoms. The molecule has 0 unspecified atom stereocenters. The molecule has 1 aliphatic rings. The molecule has 3 N–H and O–H groups in total. The molecule has 10 nitrogen and oxygen atoms in total. The first-order chi connectivity index (χ1) is 15.6. The molecular weight excluding hydrogens is 450 g/mol. The molecule has 1 aromatic rings. The van der Waals surface area contributed by atoms with E-state index in [2.05, 4.69) is 6.58 Å². The van der Waals surface area contributed by atoms with E-state index >= 15 is 0 Å². The topological polar surface area (TPSA) is 147 Å². The molecule has 0 bridgehead atoms. The van der Waals surface area contributed by atoms with Crippen LogP contribution in [0.15, 0.2) is 41.8 Å². The Labute approximate surface area is 194 Å². The lowest BCUT2D eigenvalue weighted by atomic mass is 10.1. The number of imide groups is 1. The third kappa shape index (κ3) is 6.40. The van der Waals surface area contributed by atoms with E-state index in [4.69, 9.17) is 10.5 Å². The lowest BCUT2D eigenvalue weighted by Crippen LogP contribution is -2.55. The van der Waals surface area contributed by atoms with Gasteiger partial charge in [0, 0.05) is 6.54 Å². The second-order valence-corrected chi connectivity index (χ2v) is 9.69. The normalized spacial score (nSPS) is 17.3. The van der Waals surface area contributed by atoms with Crippen LogP contribution in [0.2, 0.25) is 0 Å². The number of hydrogen-bond acceptors (Lipinski definition) is 7. The predicted molar refractivity (Wildman–Crippen MR) is 121 cm³/mol. The summed E-state index contributed by atoms with van der Waals surface area (Å²) in [6.45, 7) is 5.44. The number of amides is 2. The smallest absolute Gasteiger partial charge is 0.417 e. The minimum absolute atomic E-state index is 0.0197. The van der Waals surface area contributed by atoms with E-state index in [0.717, 1.165) is 9.87 Å². The summed E-state index contributed by atoms with van der Waals surface area (Å²) in [5.74, 6) is -2.31. The van der Waals surface area contributed by atoms with Crippen LogP contribution in [0, 0.1) is 6.92 Å².